The molecule has 0 fully saturated rings. The Morgan fingerprint density at radius 3 is 2.21 bits per heavy atom. The van der Waals surface area contributed by atoms with Crippen molar-refractivity contribution in [2.24, 2.45) is 5.92 Å². The Balaban J connectivity index is 4.55. The van der Waals surface area contributed by atoms with Crippen molar-refractivity contribution >= 4 is 0 Å². The molecule has 0 rings (SSSR count). The molecule has 0 aliphatic carbocycles. The lowest BCUT2D eigenvalue weighted by Crippen LogP contribution is -2.03. The third-order valence-electron chi connectivity index (χ3n) is 2.24. The van der Waals surface area contributed by atoms with Gasteiger partial charge in [-0.3, -0.25) is 0 Å². The lowest BCUT2D eigenvalue weighted by molar-refractivity contribution is 0.615. The first-order chi connectivity index (χ1) is 6.51. The van der Waals surface area contributed by atoms with E-state index < -0.39 is 0 Å². The van der Waals surface area contributed by atoms with Gasteiger partial charge in [0.05, 0.1) is 0 Å². The molecule has 0 saturated heterocycles. The molecule has 0 radical (unpaired) electrons. The van der Waals surface area contributed by atoms with E-state index in [4.69, 9.17) is 0 Å². The van der Waals surface area contributed by atoms with E-state index in [-0.39, 0.29) is 0 Å². The highest BCUT2D eigenvalue weighted by molar-refractivity contribution is 5.19. The minimum Gasteiger partial charge on any atom is -0.130 e. The fourth-order valence-electron chi connectivity index (χ4n) is 1.36. The SMILES string of the molecule is C=C=C(C)CC(CC(=C)C)C(=C)C=C. The number of allylic oxidation sites excluding steroid dienone is 4. The van der Waals surface area contributed by atoms with E-state index in [1.54, 1.807) is 0 Å². The zero-order valence-corrected chi connectivity index (χ0v) is 9.40. The molecule has 0 aliphatic heterocycles. The molecule has 0 saturated carbocycles. The molecule has 0 aromatic rings. The Morgan fingerprint density at radius 2 is 1.86 bits per heavy atom. The van der Waals surface area contributed by atoms with Crippen molar-refractivity contribution in [2.75, 3.05) is 0 Å². The summed E-state index contributed by atoms with van der Waals surface area (Å²) in [5, 5.41) is 0. The van der Waals surface area contributed by atoms with Gasteiger partial charge in [-0.15, -0.1) is 12.3 Å². The molecule has 0 amide bonds. The van der Waals surface area contributed by atoms with Crippen molar-refractivity contribution in [3.63, 3.8) is 0 Å². The Labute approximate surface area is 88.0 Å². The molecule has 0 spiro atoms. The average molecular weight is 188 g/mol. The van der Waals surface area contributed by atoms with Crippen LogP contribution >= 0.6 is 0 Å². The lowest BCUT2D eigenvalue weighted by atomic mass is 9.88. The molecule has 76 valence electrons. The minimum atomic E-state index is 0.402. The normalized spacial score (nSPS) is 11.3. The highest BCUT2D eigenvalue weighted by Gasteiger charge is 2.11. The molecule has 1 unspecified atom stereocenters. The first-order valence-electron chi connectivity index (χ1n) is 4.82. The van der Waals surface area contributed by atoms with E-state index in [1.165, 1.54) is 11.1 Å². The summed E-state index contributed by atoms with van der Waals surface area (Å²) in [5.74, 6) is 0.402. The standard InChI is InChI=1S/C14H20/c1-7-12(5)10-14(9-11(3)4)13(6)8-2/h8,14H,1-3,6,9-10H2,4-5H3. The van der Waals surface area contributed by atoms with Crippen LogP contribution in [0.15, 0.2) is 54.8 Å². The zero-order chi connectivity index (χ0) is 11.1. The summed E-state index contributed by atoms with van der Waals surface area (Å²) < 4.78 is 0. The summed E-state index contributed by atoms with van der Waals surface area (Å²) in [6, 6.07) is 0. The third-order valence-corrected chi connectivity index (χ3v) is 2.24. The van der Waals surface area contributed by atoms with Gasteiger partial charge in [-0.1, -0.05) is 37.0 Å². The van der Waals surface area contributed by atoms with Crippen LogP contribution in [-0.2, 0) is 0 Å². The molecule has 1 atom stereocenters. The van der Waals surface area contributed by atoms with Crippen LogP contribution < -0.4 is 0 Å². The average Bonchev–Trinajstić information content (AvgIpc) is 2.14. The van der Waals surface area contributed by atoms with Gasteiger partial charge < -0.3 is 0 Å². The lowest BCUT2D eigenvalue weighted by Gasteiger charge is -2.17. The van der Waals surface area contributed by atoms with Gasteiger partial charge in [0, 0.05) is 0 Å². The minimum absolute atomic E-state index is 0.402. The fourth-order valence-corrected chi connectivity index (χ4v) is 1.36. The largest absolute Gasteiger partial charge is 0.130 e. The summed E-state index contributed by atoms with van der Waals surface area (Å²) in [7, 11) is 0. The maximum atomic E-state index is 3.99. The molecule has 0 heteroatoms. The maximum absolute atomic E-state index is 3.99. The van der Waals surface area contributed by atoms with Gasteiger partial charge in [-0.25, -0.2) is 0 Å². The molecule has 14 heavy (non-hydrogen) atoms. The van der Waals surface area contributed by atoms with E-state index >= 15 is 0 Å². The molecular formula is C14H20. The second-order valence-electron chi connectivity index (χ2n) is 3.80. The van der Waals surface area contributed by atoms with Crippen LogP contribution in [-0.4, -0.2) is 0 Å². The summed E-state index contributed by atoms with van der Waals surface area (Å²) in [4.78, 5) is 0. The van der Waals surface area contributed by atoms with Gasteiger partial charge >= 0.3 is 0 Å². The van der Waals surface area contributed by atoms with E-state index in [1.807, 2.05) is 19.9 Å². The van der Waals surface area contributed by atoms with Crippen molar-refractivity contribution in [1.29, 1.82) is 0 Å². The molecule has 0 bridgehead atoms. The number of rotatable bonds is 6. The van der Waals surface area contributed by atoms with Crippen LogP contribution in [0.25, 0.3) is 0 Å². The Morgan fingerprint density at radius 1 is 1.29 bits per heavy atom. The molecule has 0 N–H and O–H groups in total. The molecule has 0 aliphatic rings. The Kier molecular flexibility index (Phi) is 5.67. The topological polar surface area (TPSA) is 0 Å². The predicted molar refractivity (Wildman–Crippen MR) is 65.2 cm³/mol. The van der Waals surface area contributed by atoms with Gasteiger partial charge in [0.1, 0.15) is 0 Å². The zero-order valence-electron chi connectivity index (χ0n) is 9.40. The second kappa shape index (κ2) is 6.23. The van der Waals surface area contributed by atoms with Gasteiger partial charge in [-0.05, 0) is 38.2 Å². The van der Waals surface area contributed by atoms with Gasteiger partial charge in [-0.2, -0.15) is 0 Å². The van der Waals surface area contributed by atoms with Crippen LogP contribution in [0.2, 0.25) is 0 Å². The summed E-state index contributed by atoms with van der Waals surface area (Å²) >= 11 is 0. The van der Waals surface area contributed by atoms with Crippen molar-refractivity contribution in [3.05, 3.63) is 54.8 Å². The van der Waals surface area contributed by atoms with Crippen LogP contribution in [0.1, 0.15) is 26.7 Å². The van der Waals surface area contributed by atoms with E-state index in [0.29, 0.717) is 5.92 Å². The van der Waals surface area contributed by atoms with Crippen LogP contribution in [0.4, 0.5) is 0 Å². The number of hydrogen-bond acceptors (Lipinski definition) is 0. The predicted octanol–water partition coefficient (Wildman–Crippen LogP) is 4.43. The van der Waals surface area contributed by atoms with Crippen molar-refractivity contribution in [3.8, 4) is 0 Å². The van der Waals surface area contributed by atoms with Gasteiger partial charge in [0.2, 0.25) is 0 Å². The fraction of sp³-hybridized carbons (Fsp3) is 0.357. The highest BCUT2D eigenvalue weighted by Crippen LogP contribution is 2.25. The molecule has 0 heterocycles. The quantitative estimate of drug-likeness (QED) is 0.328. The Hall–Kier alpha value is -1.26. The van der Waals surface area contributed by atoms with Crippen LogP contribution in [0.5, 0.6) is 0 Å². The summed E-state index contributed by atoms with van der Waals surface area (Å²) in [6.45, 7) is 19.4. The van der Waals surface area contributed by atoms with Crippen molar-refractivity contribution < 1.29 is 0 Å². The summed E-state index contributed by atoms with van der Waals surface area (Å²) in [6.07, 6.45) is 3.73. The van der Waals surface area contributed by atoms with E-state index in [9.17, 15) is 0 Å². The molecular weight excluding hydrogens is 168 g/mol. The number of hydrogen-bond donors (Lipinski definition) is 0. The van der Waals surface area contributed by atoms with Crippen LogP contribution in [0, 0.1) is 5.92 Å². The van der Waals surface area contributed by atoms with Crippen molar-refractivity contribution in [2.45, 2.75) is 26.7 Å². The molecule has 0 aromatic carbocycles. The smallest absolute Gasteiger partial charge is 0.00878 e. The first-order valence-corrected chi connectivity index (χ1v) is 4.82. The van der Waals surface area contributed by atoms with Crippen molar-refractivity contribution in [1.82, 2.24) is 0 Å². The first kappa shape index (κ1) is 12.7. The van der Waals surface area contributed by atoms with Crippen LogP contribution in [0.3, 0.4) is 0 Å². The third kappa shape index (κ3) is 4.69. The highest BCUT2D eigenvalue weighted by atomic mass is 14.2. The molecule has 0 nitrogen and oxygen atoms in total. The monoisotopic (exact) mass is 188 g/mol. The van der Waals surface area contributed by atoms with E-state index in [2.05, 4.69) is 32.0 Å². The van der Waals surface area contributed by atoms with Gasteiger partial charge in [0.25, 0.3) is 0 Å². The molecule has 0 aromatic heterocycles. The Bertz CT molecular complexity index is 285. The summed E-state index contributed by atoms with van der Waals surface area (Å²) in [5.41, 5.74) is 6.32. The van der Waals surface area contributed by atoms with E-state index in [0.717, 1.165) is 18.4 Å². The maximum Gasteiger partial charge on any atom is -0.00878 e. The van der Waals surface area contributed by atoms with Gasteiger partial charge in [0.15, 0.2) is 0 Å². The second-order valence-corrected chi connectivity index (χ2v) is 3.80.